The van der Waals surface area contributed by atoms with Crippen molar-refractivity contribution in [3.05, 3.63) is 94.9 Å². The average molecular weight is 446 g/mol. The predicted molar refractivity (Wildman–Crippen MR) is 131 cm³/mol. The topological polar surface area (TPSA) is 40.3 Å². The summed E-state index contributed by atoms with van der Waals surface area (Å²) in [5, 5.41) is 4.87. The first-order valence-corrected chi connectivity index (χ1v) is 11.0. The fourth-order valence-electron chi connectivity index (χ4n) is 4.50. The molecule has 1 aliphatic rings. The number of para-hydroxylation sites is 1. The summed E-state index contributed by atoms with van der Waals surface area (Å²) in [4.78, 5) is 5.78. The molecule has 0 saturated carbocycles. The molecule has 3 aromatic carbocycles. The summed E-state index contributed by atoms with van der Waals surface area (Å²) < 4.78 is 19.6. The molecule has 0 bridgehead atoms. The Balaban J connectivity index is 1.59. The summed E-state index contributed by atoms with van der Waals surface area (Å²) in [6.07, 6.45) is 0.852. The number of aromatic nitrogens is 1. The number of methoxy groups -OCH3 is 1. The van der Waals surface area contributed by atoms with Crippen molar-refractivity contribution in [1.82, 2.24) is 9.88 Å². The van der Waals surface area contributed by atoms with Crippen LogP contribution in [0, 0.1) is 12.7 Å². The second-order valence-electron chi connectivity index (χ2n) is 8.10. The lowest BCUT2D eigenvalue weighted by molar-refractivity contribution is 0.339. The number of fused-ring (bicyclic) bond motifs is 3. The van der Waals surface area contributed by atoms with E-state index in [2.05, 4.69) is 52.5 Å². The minimum Gasteiger partial charge on any atom is -0.497 e. The minimum absolute atomic E-state index is 0.121. The maximum absolute atomic E-state index is 14.3. The molecular formula is C26H24FN3OS. The molecule has 1 aromatic heterocycles. The maximum Gasteiger partial charge on any atom is 0.174 e. The smallest absolute Gasteiger partial charge is 0.174 e. The van der Waals surface area contributed by atoms with Crippen molar-refractivity contribution in [1.29, 1.82) is 0 Å². The summed E-state index contributed by atoms with van der Waals surface area (Å²) in [5.41, 5.74) is 6.26. The zero-order valence-corrected chi connectivity index (χ0v) is 18.8. The van der Waals surface area contributed by atoms with E-state index in [9.17, 15) is 4.39 Å². The molecule has 0 radical (unpaired) electrons. The Morgan fingerprint density at radius 1 is 1.12 bits per heavy atom. The molecule has 6 heteroatoms. The van der Waals surface area contributed by atoms with E-state index >= 15 is 0 Å². The number of nitrogens with one attached hydrogen (secondary N) is 2. The van der Waals surface area contributed by atoms with Crippen molar-refractivity contribution in [3.63, 3.8) is 0 Å². The molecule has 1 atom stereocenters. The van der Waals surface area contributed by atoms with Crippen molar-refractivity contribution < 1.29 is 9.13 Å². The number of thiocarbonyl (C=S) groups is 1. The number of H-pyrrole nitrogens is 1. The van der Waals surface area contributed by atoms with Crippen molar-refractivity contribution >= 4 is 33.9 Å². The maximum atomic E-state index is 14.3. The Labute approximate surface area is 192 Å². The van der Waals surface area contributed by atoms with Crippen molar-refractivity contribution in [2.75, 3.05) is 19.0 Å². The molecular weight excluding hydrogens is 421 g/mol. The van der Waals surface area contributed by atoms with Gasteiger partial charge in [-0.05, 0) is 73.1 Å². The number of halogens is 1. The Morgan fingerprint density at radius 2 is 1.91 bits per heavy atom. The largest absolute Gasteiger partial charge is 0.497 e. The van der Waals surface area contributed by atoms with Crippen LogP contribution in [0.4, 0.5) is 10.1 Å². The standard InChI is InChI=1S/C26H24FN3OS/c1-16-7-12-22-20(15-16)19-13-14-30(26(32)29-23-6-4-3-5-21(23)27)25(24(19)28-22)17-8-10-18(31-2)11-9-17/h3-12,15,25,28H,13-14H2,1-2H3,(H,29,32). The number of nitrogens with zero attached hydrogens (tertiary/aromatic N) is 1. The van der Waals surface area contributed by atoms with Gasteiger partial charge in [0.2, 0.25) is 0 Å². The second-order valence-corrected chi connectivity index (χ2v) is 8.48. The summed E-state index contributed by atoms with van der Waals surface area (Å²) in [5.74, 6) is 0.477. The number of anilines is 1. The first kappa shape index (κ1) is 20.5. The third-order valence-electron chi connectivity index (χ3n) is 6.09. The van der Waals surface area contributed by atoms with E-state index in [1.54, 1.807) is 25.3 Å². The van der Waals surface area contributed by atoms with Gasteiger partial charge in [0.05, 0.1) is 18.8 Å². The van der Waals surface area contributed by atoms with Crippen LogP contribution >= 0.6 is 12.2 Å². The van der Waals surface area contributed by atoms with Gasteiger partial charge in [0.25, 0.3) is 0 Å². The zero-order chi connectivity index (χ0) is 22.2. The number of aromatic amines is 1. The van der Waals surface area contributed by atoms with Gasteiger partial charge < -0.3 is 19.9 Å². The van der Waals surface area contributed by atoms with Crippen LogP contribution < -0.4 is 10.1 Å². The molecule has 162 valence electrons. The number of ether oxygens (including phenoxy) is 1. The summed E-state index contributed by atoms with van der Waals surface area (Å²) >= 11 is 5.78. The molecule has 0 saturated heterocycles. The van der Waals surface area contributed by atoms with Gasteiger partial charge in [-0.15, -0.1) is 0 Å². The number of aryl methyl sites for hydroxylation is 1. The number of rotatable bonds is 3. The number of benzene rings is 3. The third-order valence-corrected chi connectivity index (χ3v) is 6.43. The Morgan fingerprint density at radius 3 is 2.66 bits per heavy atom. The molecule has 4 aromatic rings. The quantitative estimate of drug-likeness (QED) is 0.381. The van der Waals surface area contributed by atoms with Crippen molar-refractivity contribution in [3.8, 4) is 5.75 Å². The molecule has 0 amide bonds. The molecule has 2 N–H and O–H groups in total. The molecule has 4 nitrogen and oxygen atoms in total. The molecule has 32 heavy (non-hydrogen) atoms. The summed E-state index contributed by atoms with van der Waals surface area (Å²) in [6, 6.07) is 21.0. The highest BCUT2D eigenvalue weighted by Crippen LogP contribution is 2.39. The average Bonchev–Trinajstić information content (AvgIpc) is 3.18. The molecule has 1 aliphatic heterocycles. The first-order chi connectivity index (χ1) is 15.5. The summed E-state index contributed by atoms with van der Waals surface area (Å²) in [6.45, 7) is 2.84. The van der Waals surface area contributed by atoms with E-state index < -0.39 is 0 Å². The molecule has 0 aliphatic carbocycles. The highest BCUT2D eigenvalue weighted by molar-refractivity contribution is 7.80. The normalized spacial score (nSPS) is 15.5. The van der Waals surface area contributed by atoms with Gasteiger partial charge >= 0.3 is 0 Å². The third kappa shape index (κ3) is 3.60. The first-order valence-electron chi connectivity index (χ1n) is 10.6. The molecule has 0 fully saturated rings. The molecule has 0 spiro atoms. The highest BCUT2D eigenvalue weighted by Gasteiger charge is 2.33. The molecule has 1 unspecified atom stereocenters. The SMILES string of the molecule is COc1ccc(C2c3[nH]c4ccc(C)cc4c3CCN2C(=S)Nc2ccccc2F)cc1. The zero-order valence-electron chi connectivity index (χ0n) is 18.0. The van der Waals surface area contributed by atoms with Crippen LogP contribution in [-0.4, -0.2) is 28.7 Å². The minimum atomic E-state index is -0.324. The van der Waals surface area contributed by atoms with Crippen LogP contribution in [0.5, 0.6) is 5.75 Å². The van der Waals surface area contributed by atoms with Crippen molar-refractivity contribution in [2.24, 2.45) is 0 Å². The fraction of sp³-hybridized carbons (Fsp3) is 0.192. The van der Waals surface area contributed by atoms with Gasteiger partial charge in [-0.3, -0.25) is 0 Å². The van der Waals surface area contributed by atoms with E-state index in [0.717, 1.165) is 35.5 Å². The van der Waals surface area contributed by atoms with Gasteiger partial charge in [-0.2, -0.15) is 0 Å². The van der Waals surface area contributed by atoms with Crippen LogP contribution in [0.25, 0.3) is 10.9 Å². The van der Waals surface area contributed by atoms with Crippen LogP contribution in [-0.2, 0) is 6.42 Å². The number of hydrogen-bond acceptors (Lipinski definition) is 2. The van der Waals surface area contributed by atoms with Gasteiger partial charge in [0.15, 0.2) is 5.11 Å². The van der Waals surface area contributed by atoms with E-state index in [1.807, 2.05) is 12.1 Å². The lowest BCUT2D eigenvalue weighted by Crippen LogP contribution is -2.43. The second kappa shape index (κ2) is 8.28. The highest BCUT2D eigenvalue weighted by atomic mass is 32.1. The Hall–Kier alpha value is -3.38. The van der Waals surface area contributed by atoms with Crippen LogP contribution in [0.2, 0.25) is 0 Å². The molecule has 2 heterocycles. The lowest BCUT2D eigenvalue weighted by Gasteiger charge is -2.38. The van der Waals surface area contributed by atoms with Gasteiger partial charge in [0, 0.05) is 23.1 Å². The van der Waals surface area contributed by atoms with Crippen LogP contribution in [0.3, 0.4) is 0 Å². The van der Waals surface area contributed by atoms with E-state index in [4.69, 9.17) is 17.0 Å². The van der Waals surface area contributed by atoms with Gasteiger partial charge in [-0.1, -0.05) is 35.9 Å². The fourth-order valence-corrected chi connectivity index (χ4v) is 4.81. The van der Waals surface area contributed by atoms with Gasteiger partial charge in [0.1, 0.15) is 11.6 Å². The van der Waals surface area contributed by atoms with Crippen LogP contribution in [0.1, 0.15) is 28.4 Å². The van der Waals surface area contributed by atoms with Crippen molar-refractivity contribution in [2.45, 2.75) is 19.4 Å². The van der Waals surface area contributed by atoms with Gasteiger partial charge in [-0.25, -0.2) is 4.39 Å². The van der Waals surface area contributed by atoms with Crippen LogP contribution in [0.15, 0.2) is 66.7 Å². The molecule has 5 rings (SSSR count). The Kier molecular flexibility index (Phi) is 5.31. The predicted octanol–water partition coefficient (Wildman–Crippen LogP) is 5.97. The van der Waals surface area contributed by atoms with E-state index in [-0.39, 0.29) is 11.9 Å². The van der Waals surface area contributed by atoms with E-state index in [0.29, 0.717) is 10.8 Å². The monoisotopic (exact) mass is 445 g/mol. The summed E-state index contributed by atoms with van der Waals surface area (Å²) in [7, 11) is 1.66. The number of hydrogen-bond donors (Lipinski definition) is 2. The Bertz CT molecular complexity index is 1300. The van der Waals surface area contributed by atoms with E-state index in [1.165, 1.54) is 22.6 Å². The lowest BCUT2D eigenvalue weighted by atomic mass is 9.92.